The summed E-state index contributed by atoms with van der Waals surface area (Å²) in [5, 5.41) is 0.708. The largest absolute Gasteiger partial charge is 0.376 e. The Balaban J connectivity index is 2.31. The van der Waals surface area contributed by atoms with E-state index in [1.807, 2.05) is 63.5 Å². The Hall–Kier alpha value is -2.10. The summed E-state index contributed by atoms with van der Waals surface area (Å²) in [5.74, 6) is 0.173. The summed E-state index contributed by atoms with van der Waals surface area (Å²) >= 11 is 7.61. The lowest BCUT2D eigenvalue weighted by Crippen LogP contribution is -2.10. The van der Waals surface area contributed by atoms with Crippen LogP contribution in [0.4, 0.5) is 5.69 Å². The second-order valence-corrected chi connectivity index (χ2v) is 7.49. The third-order valence-electron chi connectivity index (χ3n) is 4.07. The van der Waals surface area contributed by atoms with Crippen LogP contribution in [-0.4, -0.2) is 19.9 Å². The second kappa shape index (κ2) is 7.42. The van der Waals surface area contributed by atoms with Crippen molar-refractivity contribution in [2.45, 2.75) is 13.3 Å². The van der Waals surface area contributed by atoms with Crippen molar-refractivity contribution in [2.75, 3.05) is 19.0 Å². The molecule has 0 saturated carbocycles. The van der Waals surface area contributed by atoms with Gasteiger partial charge < -0.3 is 4.90 Å². The quantitative estimate of drug-likeness (QED) is 0.485. The third-order valence-corrected chi connectivity index (χ3v) is 5.59. The second-order valence-electron chi connectivity index (χ2n) is 6.03. The minimum Gasteiger partial charge on any atom is -0.376 e. The molecule has 0 radical (unpaired) electrons. The van der Waals surface area contributed by atoms with Gasteiger partial charge in [-0.2, -0.15) is 0 Å². The fourth-order valence-electron chi connectivity index (χ4n) is 2.88. The van der Waals surface area contributed by atoms with Crippen molar-refractivity contribution in [2.24, 2.45) is 0 Å². The maximum atomic E-state index is 12.7. The summed E-state index contributed by atoms with van der Waals surface area (Å²) < 4.78 is 0. The Bertz CT molecular complexity index is 882. The van der Waals surface area contributed by atoms with Gasteiger partial charge in [0.2, 0.25) is 0 Å². The lowest BCUT2D eigenvalue weighted by molar-refractivity contribution is 0.0992. The van der Waals surface area contributed by atoms with Crippen LogP contribution in [0.3, 0.4) is 0 Å². The van der Waals surface area contributed by atoms with Crippen molar-refractivity contribution < 1.29 is 4.79 Å². The van der Waals surface area contributed by atoms with Crippen LogP contribution in [0.25, 0.3) is 21.6 Å². The van der Waals surface area contributed by atoms with E-state index in [1.54, 1.807) is 11.3 Å². The van der Waals surface area contributed by atoms with Gasteiger partial charge in [-0.15, -0.1) is 11.3 Å². The number of ketones is 1. The molecule has 128 valence electrons. The van der Waals surface area contributed by atoms with E-state index in [-0.39, 0.29) is 5.78 Å². The lowest BCUT2D eigenvalue weighted by atomic mass is 9.99. The Morgan fingerprint density at radius 3 is 2.20 bits per heavy atom. The highest BCUT2D eigenvalue weighted by Gasteiger charge is 2.25. The van der Waals surface area contributed by atoms with Crippen molar-refractivity contribution in [3.63, 3.8) is 0 Å². The summed E-state index contributed by atoms with van der Waals surface area (Å²) in [6.45, 7) is 1.91. The van der Waals surface area contributed by atoms with E-state index in [2.05, 4.69) is 17.0 Å². The number of hydrogen-bond donors (Lipinski definition) is 0. The Morgan fingerprint density at radius 1 is 1.00 bits per heavy atom. The molecule has 0 aliphatic heterocycles. The number of halogens is 1. The molecule has 0 aliphatic carbocycles. The van der Waals surface area contributed by atoms with E-state index in [0.717, 1.165) is 32.1 Å². The molecule has 3 rings (SSSR count). The van der Waals surface area contributed by atoms with Crippen LogP contribution in [-0.2, 0) is 0 Å². The molecule has 0 bridgehead atoms. The highest BCUT2D eigenvalue weighted by atomic mass is 35.5. The van der Waals surface area contributed by atoms with Gasteiger partial charge in [-0.05, 0) is 23.3 Å². The van der Waals surface area contributed by atoms with E-state index in [9.17, 15) is 4.79 Å². The maximum absolute atomic E-state index is 12.7. The zero-order valence-corrected chi connectivity index (χ0v) is 16.1. The number of thiophene rings is 1. The van der Waals surface area contributed by atoms with Crippen LogP contribution in [0.2, 0.25) is 5.02 Å². The SMILES string of the molecule is CCC(=O)c1sc(-c2ccc(Cl)cc2)c(N(C)C)c1-c1ccccc1. The van der Waals surface area contributed by atoms with Crippen LogP contribution >= 0.6 is 22.9 Å². The van der Waals surface area contributed by atoms with Crippen molar-refractivity contribution in [1.29, 1.82) is 0 Å². The van der Waals surface area contributed by atoms with E-state index in [0.29, 0.717) is 11.4 Å². The molecule has 0 amide bonds. The monoisotopic (exact) mass is 369 g/mol. The average Bonchev–Trinajstić information content (AvgIpc) is 3.03. The van der Waals surface area contributed by atoms with E-state index >= 15 is 0 Å². The number of Topliss-reactive ketones (excluding diaryl/α,β-unsaturated/α-hetero) is 1. The zero-order chi connectivity index (χ0) is 18.0. The highest BCUT2D eigenvalue weighted by Crippen LogP contribution is 2.48. The topological polar surface area (TPSA) is 20.3 Å². The van der Waals surface area contributed by atoms with Gasteiger partial charge in [0.15, 0.2) is 5.78 Å². The Labute approximate surface area is 157 Å². The standard InChI is InChI=1S/C21H20ClNOS/c1-4-17(24)21-18(14-8-6-5-7-9-14)19(23(2)3)20(25-21)15-10-12-16(22)13-11-15/h5-13H,4H2,1-3H3. The molecule has 0 unspecified atom stereocenters. The summed E-state index contributed by atoms with van der Waals surface area (Å²) in [6, 6.07) is 17.9. The van der Waals surface area contributed by atoms with Crippen LogP contribution in [0.15, 0.2) is 54.6 Å². The van der Waals surface area contributed by atoms with Gasteiger partial charge in [0, 0.05) is 31.1 Å². The Morgan fingerprint density at radius 2 is 1.64 bits per heavy atom. The van der Waals surface area contributed by atoms with Crippen molar-refractivity contribution in [3.05, 3.63) is 64.5 Å². The van der Waals surface area contributed by atoms with Crippen LogP contribution in [0.5, 0.6) is 0 Å². The van der Waals surface area contributed by atoms with E-state index in [4.69, 9.17) is 11.6 Å². The molecule has 0 fully saturated rings. The van der Waals surface area contributed by atoms with Gasteiger partial charge in [0.25, 0.3) is 0 Å². The first-order chi connectivity index (χ1) is 12.0. The Kier molecular flexibility index (Phi) is 5.26. The number of nitrogens with zero attached hydrogens (tertiary/aromatic N) is 1. The number of anilines is 1. The first-order valence-electron chi connectivity index (χ1n) is 8.21. The fraction of sp³-hybridized carbons (Fsp3) is 0.190. The summed E-state index contributed by atoms with van der Waals surface area (Å²) in [5.41, 5.74) is 4.24. The van der Waals surface area contributed by atoms with Gasteiger partial charge in [-0.25, -0.2) is 0 Å². The molecule has 25 heavy (non-hydrogen) atoms. The van der Waals surface area contributed by atoms with Gasteiger partial charge >= 0.3 is 0 Å². The smallest absolute Gasteiger partial charge is 0.173 e. The molecule has 4 heteroatoms. The number of hydrogen-bond acceptors (Lipinski definition) is 3. The summed E-state index contributed by atoms with van der Waals surface area (Å²) in [4.78, 5) is 16.7. The molecule has 1 heterocycles. The predicted octanol–water partition coefficient (Wildman–Crippen LogP) is 6.39. The van der Waals surface area contributed by atoms with E-state index < -0.39 is 0 Å². The summed E-state index contributed by atoms with van der Waals surface area (Å²) in [7, 11) is 4.04. The molecule has 0 atom stereocenters. The molecule has 2 aromatic carbocycles. The molecular formula is C21H20ClNOS. The molecule has 0 aliphatic rings. The predicted molar refractivity (Wildman–Crippen MR) is 109 cm³/mol. The number of carbonyl (C=O) groups excluding carboxylic acids is 1. The van der Waals surface area contributed by atoms with E-state index in [1.165, 1.54) is 0 Å². The van der Waals surface area contributed by atoms with Gasteiger partial charge in [0.05, 0.1) is 15.4 Å². The van der Waals surface area contributed by atoms with Gasteiger partial charge in [-0.1, -0.05) is 61.0 Å². The van der Waals surface area contributed by atoms with Gasteiger partial charge in [0.1, 0.15) is 0 Å². The fourth-order valence-corrected chi connectivity index (χ4v) is 4.42. The molecule has 2 nitrogen and oxygen atoms in total. The molecular weight excluding hydrogens is 350 g/mol. The molecule has 0 saturated heterocycles. The molecule has 1 aromatic heterocycles. The van der Waals surface area contributed by atoms with Crippen LogP contribution in [0.1, 0.15) is 23.0 Å². The van der Waals surface area contributed by atoms with Crippen LogP contribution < -0.4 is 4.90 Å². The number of carbonyl (C=O) groups is 1. The first kappa shape index (κ1) is 17.7. The van der Waals surface area contributed by atoms with Crippen LogP contribution in [0, 0.1) is 0 Å². The van der Waals surface area contributed by atoms with Crippen molar-refractivity contribution >= 4 is 34.4 Å². The maximum Gasteiger partial charge on any atom is 0.173 e. The highest BCUT2D eigenvalue weighted by molar-refractivity contribution is 7.18. The van der Waals surface area contributed by atoms with Crippen molar-refractivity contribution in [3.8, 4) is 21.6 Å². The zero-order valence-electron chi connectivity index (χ0n) is 14.5. The summed E-state index contributed by atoms with van der Waals surface area (Å²) in [6.07, 6.45) is 0.493. The minimum absolute atomic E-state index is 0.173. The number of rotatable bonds is 5. The molecule has 0 spiro atoms. The average molecular weight is 370 g/mol. The molecule has 3 aromatic rings. The third kappa shape index (κ3) is 3.48. The normalized spacial score (nSPS) is 10.7. The first-order valence-corrected chi connectivity index (χ1v) is 9.41. The number of benzene rings is 2. The lowest BCUT2D eigenvalue weighted by Gasteiger charge is -2.17. The van der Waals surface area contributed by atoms with Gasteiger partial charge in [-0.3, -0.25) is 4.79 Å². The van der Waals surface area contributed by atoms with Crippen molar-refractivity contribution in [1.82, 2.24) is 0 Å². The minimum atomic E-state index is 0.173. The molecule has 0 N–H and O–H groups in total.